The lowest BCUT2D eigenvalue weighted by atomic mass is 9.98. The van der Waals surface area contributed by atoms with E-state index < -0.39 is 0 Å². The molecule has 1 aliphatic rings. The van der Waals surface area contributed by atoms with E-state index in [1.54, 1.807) is 18.4 Å². The van der Waals surface area contributed by atoms with Crippen LogP contribution < -0.4 is 10.1 Å². The van der Waals surface area contributed by atoms with Crippen molar-refractivity contribution in [3.63, 3.8) is 0 Å². The smallest absolute Gasteiger partial charge is 0.257 e. The van der Waals surface area contributed by atoms with Gasteiger partial charge in [-0.3, -0.25) is 9.59 Å². The molecular weight excluding hydrogens is 362 g/mol. The highest BCUT2D eigenvalue weighted by Crippen LogP contribution is 2.31. The zero-order valence-corrected chi connectivity index (χ0v) is 16.6. The van der Waals surface area contributed by atoms with Crippen LogP contribution in [0.4, 0.5) is 0 Å². The molecule has 2 heterocycles. The fourth-order valence-electron chi connectivity index (χ4n) is 3.35. The number of ether oxygens (including phenoxy) is 1. The molecule has 1 saturated heterocycles. The van der Waals surface area contributed by atoms with Crippen LogP contribution in [0.1, 0.15) is 46.7 Å². The number of carbonyl (C=O) groups excluding carboxylic acids is 2. The predicted molar refractivity (Wildman–Crippen MR) is 105 cm³/mol. The van der Waals surface area contributed by atoms with Crippen molar-refractivity contribution in [1.82, 2.24) is 15.2 Å². The summed E-state index contributed by atoms with van der Waals surface area (Å²) in [6.07, 6.45) is 2.73. The average Bonchev–Trinajstić information content (AvgIpc) is 3.16. The van der Waals surface area contributed by atoms with Gasteiger partial charge in [-0.25, -0.2) is 4.98 Å². The highest BCUT2D eigenvalue weighted by Gasteiger charge is 2.28. The number of para-hydroxylation sites is 1. The van der Waals surface area contributed by atoms with Crippen molar-refractivity contribution in [1.29, 1.82) is 0 Å². The third-order valence-corrected chi connectivity index (χ3v) is 5.78. The lowest BCUT2D eigenvalue weighted by molar-refractivity contribution is -0.118. The summed E-state index contributed by atoms with van der Waals surface area (Å²) in [6.45, 7) is 3.55. The molecule has 1 aromatic carbocycles. The number of hydrogen-bond acceptors (Lipinski definition) is 5. The number of benzene rings is 1. The number of aromatic nitrogens is 1. The van der Waals surface area contributed by atoms with Crippen molar-refractivity contribution in [2.24, 2.45) is 0 Å². The van der Waals surface area contributed by atoms with Crippen molar-refractivity contribution >= 4 is 23.2 Å². The highest BCUT2D eigenvalue weighted by molar-refractivity contribution is 7.09. The third kappa shape index (κ3) is 4.86. The van der Waals surface area contributed by atoms with Crippen molar-refractivity contribution in [2.45, 2.75) is 32.1 Å². The van der Waals surface area contributed by atoms with Crippen molar-refractivity contribution in [2.75, 3.05) is 26.7 Å². The largest absolute Gasteiger partial charge is 0.496 e. The van der Waals surface area contributed by atoms with E-state index >= 15 is 0 Å². The normalized spacial score (nSPS) is 16.8. The standard InChI is InChI=1S/C20H25N3O3S/c1-14(24)21-10-9-16-13-27-19(22-16)15-6-5-11-23(12-15)20(25)17-7-3-4-8-18(17)26-2/h3-4,7-8,13,15H,5-6,9-12H2,1-2H3,(H,21,24)/t15-/m0/s1. The number of hydrogen-bond donors (Lipinski definition) is 1. The summed E-state index contributed by atoms with van der Waals surface area (Å²) >= 11 is 1.65. The van der Waals surface area contributed by atoms with Gasteiger partial charge in [0, 0.05) is 44.3 Å². The number of amides is 2. The number of rotatable bonds is 6. The van der Waals surface area contributed by atoms with Gasteiger partial charge in [0.25, 0.3) is 5.91 Å². The van der Waals surface area contributed by atoms with Crippen molar-refractivity contribution in [3.05, 3.63) is 45.9 Å². The molecule has 0 bridgehead atoms. The Morgan fingerprint density at radius 1 is 1.37 bits per heavy atom. The first-order valence-electron chi connectivity index (χ1n) is 9.19. The zero-order valence-electron chi connectivity index (χ0n) is 15.7. The zero-order chi connectivity index (χ0) is 19.2. The molecular formula is C20H25N3O3S. The maximum absolute atomic E-state index is 13.0. The van der Waals surface area contributed by atoms with Crippen LogP contribution in [-0.4, -0.2) is 48.4 Å². The molecule has 2 amide bonds. The summed E-state index contributed by atoms with van der Waals surface area (Å²) in [5, 5.41) is 5.92. The lowest BCUT2D eigenvalue weighted by Crippen LogP contribution is -2.39. The van der Waals surface area contributed by atoms with Crippen molar-refractivity contribution < 1.29 is 14.3 Å². The Bertz CT molecular complexity index is 805. The Kier molecular flexibility index (Phi) is 6.45. The topological polar surface area (TPSA) is 71.5 Å². The Hall–Kier alpha value is -2.41. The molecule has 1 fully saturated rings. The van der Waals surface area contributed by atoms with E-state index in [0.29, 0.717) is 24.4 Å². The van der Waals surface area contributed by atoms with E-state index in [-0.39, 0.29) is 17.7 Å². The molecule has 2 aromatic rings. The van der Waals surface area contributed by atoms with E-state index in [1.165, 1.54) is 6.92 Å². The van der Waals surface area contributed by atoms with Crippen LogP contribution in [0.5, 0.6) is 5.75 Å². The Labute approximate surface area is 163 Å². The third-order valence-electron chi connectivity index (χ3n) is 4.72. The molecule has 6 nitrogen and oxygen atoms in total. The minimum atomic E-state index is -0.0248. The van der Waals surface area contributed by atoms with Gasteiger partial charge in [-0.15, -0.1) is 11.3 Å². The second-order valence-electron chi connectivity index (χ2n) is 6.70. The van der Waals surface area contributed by atoms with Gasteiger partial charge >= 0.3 is 0 Å². The number of carbonyl (C=O) groups is 2. The fourth-order valence-corrected chi connectivity index (χ4v) is 4.33. The minimum Gasteiger partial charge on any atom is -0.496 e. The number of piperidine rings is 1. The molecule has 7 heteroatoms. The summed E-state index contributed by atoms with van der Waals surface area (Å²) in [5.41, 5.74) is 1.60. The van der Waals surface area contributed by atoms with E-state index in [0.717, 1.165) is 36.5 Å². The van der Waals surface area contributed by atoms with Crippen LogP contribution >= 0.6 is 11.3 Å². The van der Waals surface area contributed by atoms with Crippen LogP contribution in [-0.2, 0) is 11.2 Å². The van der Waals surface area contributed by atoms with Gasteiger partial charge in [0.2, 0.25) is 5.91 Å². The molecule has 1 atom stereocenters. The summed E-state index contributed by atoms with van der Waals surface area (Å²) < 4.78 is 5.34. The molecule has 1 N–H and O–H groups in total. The quantitative estimate of drug-likeness (QED) is 0.827. The molecule has 0 unspecified atom stereocenters. The van der Waals surface area contributed by atoms with E-state index in [1.807, 2.05) is 29.2 Å². The van der Waals surface area contributed by atoms with Gasteiger partial charge in [-0.2, -0.15) is 0 Å². The molecule has 0 spiro atoms. The molecule has 0 aliphatic carbocycles. The Balaban J connectivity index is 1.65. The second kappa shape index (κ2) is 8.99. The first-order valence-corrected chi connectivity index (χ1v) is 10.1. The van der Waals surface area contributed by atoms with Gasteiger partial charge in [0.15, 0.2) is 0 Å². The lowest BCUT2D eigenvalue weighted by Gasteiger charge is -2.32. The number of nitrogens with zero attached hydrogens (tertiary/aromatic N) is 2. The Morgan fingerprint density at radius 2 is 2.19 bits per heavy atom. The number of nitrogens with one attached hydrogen (secondary N) is 1. The second-order valence-corrected chi connectivity index (χ2v) is 7.59. The predicted octanol–water partition coefficient (Wildman–Crippen LogP) is 2.85. The van der Waals surface area contributed by atoms with Gasteiger partial charge in [-0.05, 0) is 25.0 Å². The summed E-state index contributed by atoms with van der Waals surface area (Å²) in [7, 11) is 1.59. The average molecular weight is 388 g/mol. The molecule has 144 valence electrons. The number of methoxy groups -OCH3 is 1. The van der Waals surface area contributed by atoms with E-state index in [4.69, 9.17) is 9.72 Å². The summed E-state index contributed by atoms with van der Waals surface area (Å²) in [6, 6.07) is 7.36. The SMILES string of the molecule is COc1ccccc1C(=O)N1CCC[C@H](c2nc(CCNC(C)=O)cs2)C1. The Morgan fingerprint density at radius 3 is 2.96 bits per heavy atom. The molecule has 0 saturated carbocycles. The molecule has 27 heavy (non-hydrogen) atoms. The van der Waals surface area contributed by atoms with Gasteiger partial charge in [-0.1, -0.05) is 12.1 Å². The van der Waals surface area contributed by atoms with Crippen LogP contribution in [0.3, 0.4) is 0 Å². The molecule has 0 radical (unpaired) electrons. The summed E-state index contributed by atoms with van der Waals surface area (Å²) in [5.74, 6) is 0.860. The van der Waals surface area contributed by atoms with Crippen LogP contribution in [0.2, 0.25) is 0 Å². The van der Waals surface area contributed by atoms with E-state index in [9.17, 15) is 9.59 Å². The minimum absolute atomic E-state index is 0.0135. The molecule has 1 aliphatic heterocycles. The van der Waals surface area contributed by atoms with E-state index in [2.05, 4.69) is 10.7 Å². The highest BCUT2D eigenvalue weighted by atomic mass is 32.1. The van der Waals surface area contributed by atoms with Crippen LogP contribution in [0.25, 0.3) is 0 Å². The van der Waals surface area contributed by atoms with Gasteiger partial charge < -0.3 is 15.0 Å². The molecule has 3 rings (SSSR count). The summed E-state index contributed by atoms with van der Waals surface area (Å²) in [4.78, 5) is 30.6. The number of thiazole rings is 1. The van der Waals surface area contributed by atoms with Crippen LogP contribution in [0, 0.1) is 0 Å². The van der Waals surface area contributed by atoms with Crippen LogP contribution in [0.15, 0.2) is 29.6 Å². The number of likely N-dealkylation sites (tertiary alicyclic amines) is 1. The molecule has 1 aromatic heterocycles. The first kappa shape index (κ1) is 19.4. The maximum Gasteiger partial charge on any atom is 0.257 e. The van der Waals surface area contributed by atoms with Gasteiger partial charge in [0.05, 0.1) is 23.4 Å². The fraction of sp³-hybridized carbons (Fsp3) is 0.450. The van der Waals surface area contributed by atoms with Crippen molar-refractivity contribution in [3.8, 4) is 5.75 Å². The monoisotopic (exact) mass is 387 g/mol. The van der Waals surface area contributed by atoms with Gasteiger partial charge in [0.1, 0.15) is 5.75 Å². The maximum atomic E-state index is 13.0. The first-order chi connectivity index (χ1) is 13.1.